The van der Waals surface area contributed by atoms with Crippen molar-refractivity contribution in [3.05, 3.63) is 36.4 Å². The highest BCUT2D eigenvalue weighted by Crippen LogP contribution is 2.47. The second-order valence-electron chi connectivity index (χ2n) is 3.79. The van der Waals surface area contributed by atoms with Gasteiger partial charge in [-0.25, -0.2) is 4.79 Å². The highest BCUT2D eigenvalue weighted by molar-refractivity contribution is 5.95. The van der Waals surface area contributed by atoms with E-state index in [1.54, 1.807) is 5.32 Å². The number of nitro groups is 3. The Morgan fingerprint density at radius 1 is 1.13 bits per heavy atom. The number of nitrogens with one attached hydrogen (secondary N) is 1. The zero-order valence-corrected chi connectivity index (χ0v) is 11.8. The summed E-state index contributed by atoms with van der Waals surface area (Å²) < 4.78 is 9.08. The maximum atomic E-state index is 11.4. The number of hydrogen-bond donors (Lipinski definition) is 1. The molecule has 0 radical (unpaired) electrons. The van der Waals surface area contributed by atoms with E-state index in [1.807, 2.05) is 0 Å². The Morgan fingerprint density at radius 3 is 2.09 bits per heavy atom. The summed E-state index contributed by atoms with van der Waals surface area (Å²) in [6, 6.07) is 0.604. The number of nitro benzene ring substituents is 3. The quantitative estimate of drug-likeness (QED) is 0.603. The van der Waals surface area contributed by atoms with Gasteiger partial charge in [0.25, 0.3) is 0 Å². The van der Waals surface area contributed by atoms with E-state index >= 15 is 0 Å². The molecule has 1 aromatic rings. The van der Waals surface area contributed by atoms with Gasteiger partial charge in [0.1, 0.15) is 0 Å². The number of amides is 1. The van der Waals surface area contributed by atoms with E-state index in [0.29, 0.717) is 6.07 Å². The molecule has 124 valence electrons. The normalized spacial score (nSPS) is 9.83. The Hall–Kier alpha value is -3.51. The summed E-state index contributed by atoms with van der Waals surface area (Å²) in [7, 11) is 0.953. The molecule has 0 aliphatic carbocycles. The second kappa shape index (κ2) is 6.97. The van der Waals surface area contributed by atoms with Crippen molar-refractivity contribution in [2.24, 2.45) is 0 Å². The van der Waals surface area contributed by atoms with Crippen LogP contribution in [0.15, 0.2) is 6.07 Å². The van der Waals surface area contributed by atoms with Gasteiger partial charge in [0.05, 0.1) is 34.6 Å². The molecule has 0 heterocycles. The molecule has 0 unspecified atom stereocenters. The van der Waals surface area contributed by atoms with Crippen molar-refractivity contribution in [1.29, 1.82) is 0 Å². The Balaban J connectivity index is 3.76. The van der Waals surface area contributed by atoms with Crippen LogP contribution in [0.4, 0.5) is 27.5 Å². The molecule has 0 saturated heterocycles. The summed E-state index contributed by atoms with van der Waals surface area (Å²) in [6.45, 7) is 1.31. The van der Waals surface area contributed by atoms with Crippen molar-refractivity contribution in [3.63, 3.8) is 0 Å². The third kappa shape index (κ3) is 3.58. The highest BCUT2D eigenvalue weighted by atomic mass is 16.6. The van der Waals surface area contributed by atoms with Gasteiger partial charge < -0.3 is 9.47 Å². The molecule has 0 fully saturated rings. The van der Waals surface area contributed by atoms with E-state index in [4.69, 9.17) is 0 Å². The smallest absolute Gasteiger partial charge is 0.412 e. The molecule has 23 heavy (non-hydrogen) atoms. The number of methoxy groups -OCH3 is 1. The lowest BCUT2D eigenvalue weighted by Crippen LogP contribution is -2.16. The molecular formula is C10H10N4O9. The van der Waals surface area contributed by atoms with Crippen LogP contribution in [-0.4, -0.2) is 34.6 Å². The number of rotatable bonds is 6. The van der Waals surface area contributed by atoms with E-state index in [1.165, 1.54) is 6.92 Å². The van der Waals surface area contributed by atoms with Crippen molar-refractivity contribution in [1.82, 2.24) is 0 Å². The van der Waals surface area contributed by atoms with Gasteiger partial charge in [-0.1, -0.05) is 0 Å². The van der Waals surface area contributed by atoms with Gasteiger partial charge in [0, 0.05) is 0 Å². The molecule has 13 nitrogen and oxygen atoms in total. The van der Waals surface area contributed by atoms with Crippen LogP contribution in [-0.2, 0) is 4.74 Å². The van der Waals surface area contributed by atoms with Crippen molar-refractivity contribution < 1.29 is 29.0 Å². The first-order valence-corrected chi connectivity index (χ1v) is 5.86. The first kappa shape index (κ1) is 17.5. The fourth-order valence-electron chi connectivity index (χ4n) is 1.67. The Labute approximate surface area is 127 Å². The molecule has 13 heteroatoms. The molecular weight excluding hydrogens is 320 g/mol. The molecule has 0 spiro atoms. The molecule has 1 N–H and O–H groups in total. The van der Waals surface area contributed by atoms with E-state index in [2.05, 4.69) is 9.47 Å². The molecule has 0 aliphatic heterocycles. The lowest BCUT2D eigenvalue weighted by molar-refractivity contribution is -0.424. The number of carbonyl (C=O) groups is 1. The molecule has 1 aromatic carbocycles. The number of ether oxygens (including phenoxy) is 2. The largest absolute Gasteiger partial charge is 0.490 e. The Kier molecular flexibility index (Phi) is 5.31. The topological polar surface area (TPSA) is 177 Å². The van der Waals surface area contributed by atoms with Crippen LogP contribution >= 0.6 is 0 Å². The molecule has 0 aromatic heterocycles. The number of carbonyl (C=O) groups excluding carboxylic acids is 1. The van der Waals surface area contributed by atoms with E-state index in [0.717, 1.165) is 7.11 Å². The van der Waals surface area contributed by atoms with Gasteiger partial charge in [0.15, 0.2) is 0 Å². The number of benzene rings is 1. The summed E-state index contributed by atoms with van der Waals surface area (Å²) in [5.74, 6) is -0.692. The summed E-state index contributed by atoms with van der Waals surface area (Å²) in [5, 5.41) is 35.1. The van der Waals surface area contributed by atoms with Crippen LogP contribution < -0.4 is 10.1 Å². The molecule has 1 rings (SSSR count). The van der Waals surface area contributed by atoms with Gasteiger partial charge in [-0.2, -0.15) is 0 Å². The van der Waals surface area contributed by atoms with Crippen molar-refractivity contribution in [3.8, 4) is 5.75 Å². The Bertz CT molecular complexity index is 687. The van der Waals surface area contributed by atoms with Gasteiger partial charge in [0.2, 0.25) is 11.4 Å². The summed E-state index contributed by atoms with van der Waals surface area (Å²) in [6.07, 6.45) is -1.24. The van der Waals surface area contributed by atoms with Gasteiger partial charge in [-0.05, 0) is 6.92 Å². The first-order chi connectivity index (χ1) is 10.7. The highest BCUT2D eigenvalue weighted by Gasteiger charge is 2.41. The van der Waals surface area contributed by atoms with Crippen LogP contribution in [0.1, 0.15) is 6.92 Å². The minimum Gasteiger partial charge on any atom is -0.490 e. The zero-order valence-electron chi connectivity index (χ0n) is 11.8. The minimum atomic E-state index is -1.28. The SMILES string of the molecule is CCOC(=O)Nc1c([N+](=O)[O-])cc(OC)c([N+](=O)[O-])c1[N+](=O)[O-]. The average molecular weight is 330 g/mol. The van der Waals surface area contributed by atoms with Gasteiger partial charge in [-0.15, -0.1) is 0 Å². The second-order valence-corrected chi connectivity index (χ2v) is 3.79. The predicted molar refractivity (Wildman–Crippen MR) is 73.6 cm³/mol. The maximum Gasteiger partial charge on any atom is 0.412 e. The van der Waals surface area contributed by atoms with E-state index in [-0.39, 0.29) is 6.61 Å². The van der Waals surface area contributed by atoms with Crippen LogP contribution in [0, 0.1) is 30.3 Å². The lowest BCUT2D eigenvalue weighted by Gasteiger charge is -2.09. The summed E-state index contributed by atoms with van der Waals surface area (Å²) >= 11 is 0. The molecule has 0 aliphatic rings. The van der Waals surface area contributed by atoms with Gasteiger partial charge >= 0.3 is 23.2 Å². The standard InChI is InChI=1S/C10H10N4O9/c1-3-23-10(15)11-7-5(12(16)17)4-6(22-2)8(13(18)19)9(7)14(20)21/h4H,3H2,1-2H3,(H,11,15). The predicted octanol–water partition coefficient (Wildman–Crippen LogP) is 1.99. The fourth-order valence-corrected chi connectivity index (χ4v) is 1.67. The van der Waals surface area contributed by atoms with Crippen molar-refractivity contribution in [2.45, 2.75) is 6.92 Å². The van der Waals surface area contributed by atoms with Crippen molar-refractivity contribution in [2.75, 3.05) is 19.0 Å². The zero-order chi connectivity index (χ0) is 17.7. The third-order valence-electron chi connectivity index (χ3n) is 2.50. The molecule has 0 bridgehead atoms. The van der Waals surface area contributed by atoms with Crippen molar-refractivity contribution >= 4 is 28.8 Å². The van der Waals surface area contributed by atoms with E-state index < -0.39 is 49.4 Å². The summed E-state index contributed by atoms with van der Waals surface area (Å²) in [4.78, 5) is 41.3. The van der Waals surface area contributed by atoms with Crippen LogP contribution in [0.2, 0.25) is 0 Å². The number of nitrogens with zero attached hydrogens (tertiary/aromatic N) is 3. The monoisotopic (exact) mass is 330 g/mol. The van der Waals surface area contributed by atoms with E-state index in [9.17, 15) is 35.1 Å². The Morgan fingerprint density at radius 2 is 1.70 bits per heavy atom. The third-order valence-corrected chi connectivity index (χ3v) is 2.50. The fraction of sp³-hybridized carbons (Fsp3) is 0.300. The first-order valence-electron chi connectivity index (χ1n) is 5.86. The lowest BCUT2D eigenvalue weighted by atomic mass is 10.1. The maximum absolute atomic E-state index is 11.4. The van der Waals surface area contributed by atoms with Crippen LogP contribution in [0.3, 0.4) is 0 Å². The molecule has 0 saturated carbocycles. The number of anilines is 1. The van der Waals surface area contributed by atoms with Crippen LogP contribution in [0.25, 0.3) is 0 Å². The number of hydrogen-bond acceptors (Lipinski definition) is 9. The summed E-state index contributed by atoms with van der Waals surface area (Å²) in [5.41, 5.74) is -4.33. The van der Waals surface area contributed by atoms with Gasteiger partial charge in [-0.3, -0.25) is 35.7 Å². The minimum absolute atomic E-state index is 0.119. The molecule has 1 amide bonds. The molecule has 0 atom stereocenters. The average Bonchev–Trinajstić information content (AvgIpc) is 2.45. The van der Waals surface area contributed by atoms with Crippen LogP contribution in [0.5, 0.6) is 5.75 Å².